The van der Waals surface area contributed by atoms with Gasteiger partial charge in [0, 0.05) is 17.3 Å². The molecule has 1 heterocycles. The van der Waals surface area contributed by atoms with Crippen LogP contribution in [0.25, 0.3) is 6.08 Å². The molecule has 0 spiro atoms. The first-order valence-electron chi connectivity index (χ1n) is 11.3. The van der Waals surface area contributed by atoms with E-state index in [1.165, 1.54) is 36.3 Å². The lowest BCUT2D eigenvalue weighted by Gasteiger charge is -2.57. The normalized spacial score (nSPS) is 32.3. The third kappa shape index (κ3) is 3.19. The Bertz CT molecular complexity index is 1140. The highest BCUT2D eigenvalue weighted by Crippen LogP contribution is 2.62. The van der Waals surface area contributed by atoms with Gasteiger partial charge in [0.2, 0.25) is 5.12 Å². The summed E-state index contributed by atoms with van der Waals surface area (Å²) < 4.78 is 13.7. The van der Waals surface area contributed by atoms with Crippen molar-refractivity contribution in [2.75, 3.05) is 4.90 Å². The van der Waals surface area contributed by atoms with Crippen LogP contribution in [0.15, 0.2) is 48.2 Å². The van der Waals surface area contributed by atoms with E-state index in [-0.39, 0.29) is 27.2 Å². The minimum absolute atomic E-state index is 0.0405. The fourth-order valence-electron chi connectivity index (χ4n) is 7.02. The van der Waals surface area contributed by atoms with Gasteiger partial charge in [-0.3, -0.25) is 14.5 Å². The summed E-state index contributed by atoms with van der Waals surface area (Å²) >= 11 is 0.648. The van der Waals surface area contributed by atoms with Crippen molar-refractivity contribution in [1.82, 2.24) is 0 Å². The number of hydrogen-bond donors (Lipinski definition) is 1. The van der Waals surface area contributed by atoms with Crippen molar-refractivity contribution >= 4 is 33.9 Å². The lowest BCUT2D eigenvalue weighted by molar-refractivity contribution is -0.107. The lowest BCUT2D eigenvalue weighted by Crippen LogP contribution is -2.48. The van der Waals surface area contributed by atoms with Gasteiger partial charge < -0.3 is 5.11 Å². The predicted octanol–water partition coefficient (Wildman–Crippen LogP) is 6.24. The van der Waals surface area contributed by atoms with E-state index < -0.39 is 5.82 Å². The molecule has 1 aliphatic heterocycles. The van der Waals surface area contributed by atoms with Crippen molar-refractivity contribution in [3.63, 3.8) is 0 Å². The van der Waals surface area contributed by atoms with Crippen molar-refractivity contribution in [2.45, 2.75) is 43.9 Å². The molecule has 4 bridgehead atoms. The fourth-order valence-corrected chi connectivity index (χ4v) is 7.73. The van der Waals surface area contributed by atoms with Crippen LogP contribution < -0.4 is 4.90 Å². The number of rotatable bonds is 3. The van der Waals surface area contributed by atoms with Gasteiger partial charge in [-0.15, -0.1) is 0 Å². The molecule has 6 heteroatoms. The second-order valence-corrected chi connectivity index (χ2v) is 10.9. The van der Waals surface area contributed by atoms with E-state index in [4.69, 9.17) is 0 Å². The maximum Gasteiger partial charge on any atom is 0.298 e. The molecule has 2 aromatic carbocycles. The minimum Gasteiger partial charge on any atom is -0.508 e. The Balaban J connectivity index is 1.42. The van der Waals surface area contributed by atoms with Crippen molar-refractivity contribution in [1.29, 1.82) is 0 Å². The molecule has 0 radical (unpaired) electrons. The van der Waals surface area contributed by atoms with Gasteiger partial charge in [0.1, 0.15) is 17.3 Å². The number of hydrogen-bond acceptors (Lipinski definition) is 4. The monoisotopic (exact) mass is 449 g/mol. The largest absolute Gasteiger partial charge is 0.508 e. The number of halogens is 1. The van der Waals surface area contributed by atoms with E-state index in [1.807, 2.05) is 6.07 Å². The molecule has 2 aromatic rings. The van der Waals surface area contributed by atoms with Gasteiger partial charge in [0.25, 0.3) is 5.24 Å². The summed E-state index contributed by atoms with van der Waals surface area (Å²) in [4.78, 5) is 26.8. The zero-order valence-electron chi connectivity index (χ0n) is 17.6. The number of nitrogens with zero attached hydrogens (tertiary/aromatic N) is 1. The van der Waals surface area contributed by atoms with E-state index in [9.17, 15) is 19.1 Å². The Kier molecular flexibility index (Phi) is 4.51. The average molecular weight is 450 g/mol. The molecule has 0 unspecified atom stereocenters. The van der Waals surface area contributed by atoms with Crippen LogP contribution in [0.1, 0.15) is 49.7 Å². The molecule has 164 valence electrons. The SMILES string of the molecule is O=C1SC(=O)N(c2ccc(O)c(C34CC5CC(CC(C5)C3)C4)c2)C1=Cc1cccc(F)c1. The summed E-state index contributed by atoms with van der Waals surface area (Å²) in [5.41, 5.74) is 2.19. The van der Waals surface area contributed by atoms with Crippen LogP contribution >= 0.6 is 11.8 Å². The summed E-state index contributed by atoms with van der Waals surface area (Å²) in [5, 5.41) is 10.1. The van der Waals surface area contributed by atoms with E-state index in [2.05, 4.69) is 0 Å². The molecule has 7 rings (SSSR count). The van der Waals surface area contributed by atoms with Crippen LogP contribution in [0, 0.1) is 23.6 Å². The fraction of sp³-hybridized carbons (Fsp3) is 0.385. The molecule has 4 saturated carbocycles. The second kappa shape index (κ2) is 7.20. The van der Waals surface area contributed by atoms with Gasteiger partial charge in [-0.1, -0.05) is 12.1 Å². The number of phenolic OH excluding ortho intramolecular Hbond substituents is 1. The highest BCUT2D eigenvalue weighted by Gasteiger charge is 2.52. The standard InChI is InChI=1S/C26H24FNO3S/c27-19-3-1-2-15(9-19)10-22-24(30)32-25(31)28(22)20-4-5-23(29)21(11-20)26-12-16-6-17(13-26)8-18(7-16)14-26/h1-5,9-11,16-18,29H,6-8,12-14H2. The Labute approximate surface area is 190 Å². The highest BCUT2D eigenvalue weighted by molar-refractivity contribution is 8.27. The molecule has 1 amide bonds. The molecule has 1 N–H and O–H groups in total. The van der Waals surface area contributed by atoms with Crippen molar-refractivity contribution in [3.8, 4) is 5.75 Å². The third-order valence-corrected chi connectivity index (χ3v) is 8.56. The van der Waals surface area contributed by atoms with Crippen LogP contribution in [0.4, 0.5) is 14.9 Å². The molecule has 4 nitrogen and oxygen atoms in total. The van der Waals surface area contributed by atoms with Gasteiger partial charge in [-0.25, -0.2) is 4.39 Å². The summed E-state index contributed by atoms with van der Waals surface area (Å²) in [6, 6.07) is 11.2. The zero-order valence-corrected chi connectivity index (χ0v) is 18.4. The van der Waals surface area contributed by atoms with Gasteiger partial charge in [-0.05, 0) is 104 Å². The van der Waals surface area contributed by atoms with Crippen LogP contribution in [0.3, 0.4) is 0 Å². The summed E-state index contributed by atoms with van der Waals surface area (Å²) in [7, 11) is 0. The van der Waals surface area contributed by atoms with E-state index in [1.54, 1.807) is 30.3 Å². The molecule has 5 aliphatic rings. The number of amides is 1. The second-order valence-electron chi connectivity index (χ2n) is 9.97. The number of aromatic hydroxyl groups is 1. The number of carbonyl (C=O) groups excluding carboxylic acids is 2. The first-order valence-corrected chi connectivity index (χ1v) is 12.1. The lowest BCUT2D eigenvalue weighted by atomic mass is 9.48. The van der Waals surface area contributed by atoms with E-state index in [0.717, 1.165) is 42.6 Å². The average Bonchev–Trinajstić information content (AvgIpc) is 3.00. The molecule has 32 heavy (non-hydrogen) atoms. The number of anilines is 1. The van der Waals surface area contributed by atoms with Crippen LogP contribution in [0.2, 0.25) is 0 Å². The molecular formula is C26H24FNO3S. The Hall–Kier alpha value is -2.60. The predicted molar refractivity (Wildman–Crippen MR) is 123 cm³/mol. The Morgan fingerprint density at radius 1 is 1.00 bits per heavy atom. The summed E-state index contributed by atoms with van der Waals surface area (Å²) in [6.45, 7) is 0. The molecule has 0 aromatic heterocycles. The number of phenols is 1. The van der Waals surface area contributed by atoms with Gasteiger partial charge in [-0.2, -0.15) is 0 Å². The first-order chi connectivity index (χ1) is 15.4. The first kappa shape index (κ1) is 20.0. The zero-order chi connectivity index (χ0) is 22.0. The highest BCUT2D eigenvalue weighted by atomic mass is 32.2. The number of benzene rings is 2. The minimum atomic E-state index is -0.399. The third-order valence-electron chi connectivity index (χ3n) is 7.81. The molecule has 5 fully saturated rings. The van der Waals surface area contributed by atoms with Gasteiger partial charge in [0.15, 0.2) is 0 Å². The molecule has 1 saturated heterocycles. The number of carbonyl (C=O) groups is 2. The smallest absolute Gasteiger partial charge is 0.298 e. The quantitative estimate of drug-likeness (QED) is 0.564. The van der Waals surface area contributed by atoms with Gasteiger partial charge >= 0.3 is 0 Å². The van der Waals surface area contributed by atoms with E-state index in [0.29, 0.717) is 23.0 Å². The van der Waals surface area contributed by atoms with Crippen LogP contribution in [0.5, 0.6) is 5.75 Å². The van der Waals surface area contributed by atoms with Crippen molar-refractivity contribution in [2.24, 2.45) is 17.8 Å². The summed E-state index contributed by atoms with van der Waals surface area (Å²) in [5.74, 6) is 2.04. The molecular weight excluding hydrogens is 425 g/mol. The van der Waals surface area contributed by atoms with Crippen molar-refractivity contribution < 1.29 is 19.1 Å². The Morgan fingerprint density at radius 3 is 2.34 bits per heavy atom. The van der Waals surface area contributed by atoms with E-state index >= 15 is 0 Å². The topological polar surface area (TPSA) is 57.6 Å². The maximum absolute atomic E-state index is 13.7. The molecule has 4 aliphatic carbocycles. The van der Waals surface area contributed by atoms with Crippen LogP contribution in [-0.4, -0.2) is 15.5 Å². The maximum atomic E-state index is 13.7. The van der Waals surface area contributed by atoms with Crippen molar-refractivity contribution in [3.05, 3.63) is 65.1 Å². The summed E-state index contributed by atoms with van der Waals surface area (Å²) in [6.07, 6.45) is 8.72. The Morgan fingerprint density at radius 2 is 1.69 bits per heavy atom. The number of thioether (sulfide) groups is 1. The van der Waals surface area contributed by atoms with Crippen LogP contribution in [-0.2, 0) is 10.2 Å². The molecule has 0 atom stereocenters. The van der Waals surface area contributed by atoms with Gasteiger partial charge in [0.05, 0.1) is 5.69 Å².